The first kappa shape index (κ1) is 11.1. The average Bonchev–Trinajstić information content (AvgIpc) is 2.33. The zero-order chi connectivity index (χ0) is 11.4. The van der Waals surface area contributed by atoms with Gasteiger partial charge in [0.05, 0.1) is 0 Å². The van der Waals surface area contributed by atoms with Crippen LogP contribution in [0.15, 0.2) is 48.5 Å². The maximum Gasteiger partial charge on any atom is 0.127 e. The lowest BCUT2D eigenvalue weighted by atomic mass is 10.2. The molecule has 16 heavy (non-hydrogen) atoms. The van der Waals surface area contributed by atoms with Crippen LogP contribution in [0.5, 0.6) is 11.5 Å². The Morgan fingerprint density at radius 2 is 1.38 bits per heavy atom. The highest BCUT2D eigenvalue weighted by Crippen LogP contribution is 2.22. The van der Waals surface area contributed by atoms with E-state index < -0.39 is 0 Å². The van der Waals surface area contributed by atoms with E-state index >= 15 is 0 Å². The van der Waals surface area contributed by atoms with Gasteiger partial charge in [-0.3, -0.25) is 0 Å². The standard InChI is InChI=1S/C13H9ClOS/c14-11-3-7-13(8-4-11)15-12-5-1-10(9-16)2-6-12/h1-9H. The van der Waals surface area contributed by atoms with Gasteiger partial charge in [0, 0.05) is 10.4 Å². The van der Waals surface area contributed by atoms with Crippen molar-refractivity contribution in [3.05, 3.63) is 59.1 Å². The molecule has 0 unspecified atom stereocenters. The molecule has 0 aliphatic carbocycles. The third-order valence-corrected chi connectivity index (χ3v) is 2.59. The van der Waals surface area contributed by atoms with Gasteiger partial charge in [-0.05, 0) is 42.0 Å². The van der Waals surface area contributed by atoms with Crippen molar-refractivity contribution >= 4 is 29.2 Å². The fourth-order valence-electron chi connectivity index (χ4n) is 1.25. The number of thiocarbonyl (C=S) groups is 1. The van der Waals surface area contributed by atoms with Crippen LogP contribution in [0.3, 0.4) is 0 Å². The Balaban J connectivity index is 2.14. The number of rotatable bonds is 3. The minimum atomic E-state index is 0.698. The molecule has 0 heterocycles. The molecule has 0 atom stereocenters. The van der Waals surface area contributed by atoms with Crippen molar-refractivity contribution in [2.24, 2.45) is 0 Å². The second-order valence-corrected chi connectivity index (χ2v) is 3.92. The molecule has 0 radical (unpaired) electrons. The van der Waals surface area contributed by atoms with Gasteiger partial charge in [0.1, 0.15) is 11.5 Å². The number of hydrogen-bond donors (Lipinski definition) is 0. The van der Waals surface area contributed by atoms with Gasteiger partial charge in [-0.2, -0.15) is 0 Å². The summed E-state index contributed by atoms with van der Waals surface area (Å²) in [5, 5.41) is 2.33. The van der Waals surface area contributed by atoms with Gasteiger partial charge in [0.25, 0.3) is 0 Å². The van der Waals surface area contributed by atoms with Gasteiger partial charge in [-0.25, -0.2) is 0 Å². The molecular weight excluding hydrogens is 240 g/mol. The van der Waals surface area contributed by atoms with Gasteiger partial charge < -0.3 is 4.74 Å². The number of ether oxygens (including phenoxy) is 1. The lowest BCUT2D eigenvalue weighted by Crippen LogP contribution is -1.84. The van der Waals surface area contributed by atoms with Crippen LogP contribution in [-0.2, 0) is 0 Å². The maximum absolute atomic E-state index is 5.78. The van der Waals surface area contributed by atoms with Crippen molar-refractivity contribution in [2.75, 3.05) is 0 Å². The quantitative estimate of drug-likeness (QED) is 0.741. The van der Waals surface area contributed by atoms with E-state index in [4.69, 9.17) is 28.6 Å². The largest absolute Gasteiger partial charge is 0.457 e. The molecule has 0 bridgehead atoms. The fraction of sp³-hybridized carbons (Fsp3) is 0. The van der Waals surface area contributed by atoms with Gasteiger partial charge in [-0.15, -0.1) is 0 Å². The van der Waals surface area contributed by atoms with Crippen molar-refractivity contribution in [2.45, 2.75) is 0 Å². The topological polar surface area (TPSA) is 9.23 Å². The third kappa shape index (κ3) is 2.81. The maximum atomic E-state index is 5.78. The molecule has 2 aromatic rings. The Labute approximate surface area is 105 Å². The van der Waals surface area contributed by atoms with Gasteiger partial charge in [0.15, 0.2) is 0 Å². The molecular formula is C13H9ClOS. The van der Waals surface area contributed by atoms with Crippen molar-refractivity contribution in [1.82, 2.24) is 0 Å². The monoisotopic (exact) mass is 248 g/mol. The summed E-state index contributed by atoms with van der Waals surface area (Å²) in [7, 11) is 0. The van der Waals surface area contributed by atoms with Crippen molar-refractivity contribution < 1.29 is 4.74 Å². The predicted octanol–water partition coefficient (Wildman–Crippen LogP) is 4.48. The lowest BCUT2D eigenvalue weighted by molar-refractivity contribution is 0.482. The summed E-state index contributed by atoms with van der Waals surface area (Å²) < 4.78 is 5.63. The predicted molar refractivity (Wildman–Crippen MR) is 70.7 cm³/mol. The molecule has 0 spiro atoms. The molecule has 0 fully saturated rings. The molecule has 0 aliphatic heterocycles. The second kappa shape index (κ2) is 5.10. The van der Waals surface area contributed by atoms with Crippen LogP contribution in [0.1, 0.15) is 5.56 Å². The molecule has 2 aromatic carbocycles. The minimum absolute atomic E-state index is 0.698. The van der Waals surface area contributed by atoms with E-state index in [0.29, 0.717) is 5.02 Å². The first-order valence-electron chi connectivity index (χ1n) is 4.76. The molecule has 3 heteroatoms. The molecule has 0 saturated carbocycles. The van der Waals surface area contributed by atoms with Crippen molar-refractivity contribution in [3.63, 3.8) is 0 Å². The van der Waals surface area contributed by atoms with E-state index in [1.807, 2.05) is 36.4 Å². The summed E-state index contributed by atoms with van der Waals surface area (Å²) in [6.07, 6.45) is 0. The number of hydrogen-bond acceptors (Lipinski definition) is 2. The summed E-state index contributed by atoms with van der Waals surface area (Å²) in [5.41, 5.74) is 0.999. The Morgan fingerprint density at radius 1 is 0.875 bits per heavy atom. The van der Waals surface area contributed by atoms with Crippen LogP contribution in [-0.4, -0.2) is 5.37 Å². The van der Waals surface area contributed by atoms with Crippen LogP contribution in [0.4, 0.5) is 0 Å². The Morgan fingerprint density at radius 3 is 1.88 bits per heavy atom. The Kier molecular flexibility index (Phi) is 3.54. The van der Waals surface area contributed by atoms with Crippen LogP contribution in [0, 0.1) is 0 Å². The molecule has 2 rings (SSSR count). The fourth-order valence-corrected chi connectivity index (χ4v) is 1.54. The Hall–Kier alpha value is -1.38. The normalized spacial score (nSPS) is 9.81. The molecule has 0 N–H and O–H groups in total. The second-order valence-electron chi connectivity index (χ2n) is 3.24. The van der Waals surface area contributed by atoms with Gasteiger partial charge in [0.2, 0.25) is 0 Å². The van der Waals surface area contributed by atoms with Gasteiger partial charge >= 0.3 is 0 Å². The third-order valence-electron chi connectivity index (χ3n) is 2.07. The van der Waals surface area contributed by atoms with E-state index in [1.165, 1.54) is 0 Å². The summed E-state index contributed by atoms with van der Waals surface area (Å²) in [4.78, 5) is 0. The molecule has 80 valence electrons. The van der Waals surface area contributed by atoms with Crippen LogP contribution in [0.25, 0.3) is 0 Å². The zero-order valence-corrected chi connectivity index (χ0v) is 9.96. The van der Waals surface area contributed by atoms with E-state index in [-0.39, 0.29) is 0 Å². The van der Waals surface area contributed by atoms with Crippen molar-refractivity contribution in [3.8, 4) is 11.5 Å². The SMILES string of the molecule is S=Cc1ccc(Oc2ccc(Cl)cc2)cc1. The lowest BCUT2D eigenvalue weighted by Gasteiger charge is -2.05. The summed E-state index contributed by atoms with van der Waals surface area (Å²) >= 11 is 10.6. The van der Waals surface area contributed by atoms with Crippen LogP contribution in [0.2, 0.25) is 5.02 Å². The van der Waals surface area contributed by atoms with Crippen LogP contribution >= 0.6 is 23.8 Å². The van der Waals surface area contributed by atoms with E-state index in [2.05, 4.69) is 0 Å². The van der Waals surface area contributed by atoms with Crippen molar-refractivity contribution in [1.29, 1.82) is 0 Å². The highest BCUT2D eigenvalue weighted by atomic mass is 35.5. The van der Waals surface area contributed by atoms with Gasteiger partial charge in [-0.1, -0.05) is 36.0 Å². The first-order chi connectivity index (χ1) is 7.78. The summed E-state index contributed by atoms with van der Waals surface area (Å²) in [5.74, 6) is 1.54. The first-order valence-corrected chi connectivity index (χ1v) is 5.61. The Bertz CT molecular complexity index is 476. The highest BCUT2D eigenvalue weighted by Gasteiger charge is 1.96. The van der Waals surface area contributed by atoms with E-state index in [9.17, 15) is 0 Å². The molecule has 1 nitrogen and oxygen atoms in total. The zero-order valence-electron chi connectivity index (χ0n) is 8.39. The highest BCUT2D eigenvalue weighted by molar-refractivity contribution is 7.79. The van der Waals surface area contributed by atoms with E-state index in [0.717, 1.165) is 17.1 Å². The molecule has 0 aromatic heterocycles. The average molecular weight is 249 g/mol. The number of benzene rings is 2. The number of halogens is 1. The molecule has 0 amide bonds. The summed E-state index contributed by atoms with van der Waals surface area (Å²) in [6, 6.07) is 14.8. The molecule has 0 aliphatic rings. The minimum Gasteiger partial charge on any atom is -0.457 e. The molecule has 0 saturated heterocycles. The summed E-state index contributed by atoms with van der Waals surface area (Å²) in [6.45, 7) is 0. The van der Waals surface area contributed by atoms with E-state index in [1.54, 1.807) is 17.5 Å². The van der Waals surface area contributed by atoms with Crippen LogP contribution < -0.4 is 4.74 Å². The smallest absolute Gasteiger partial charge is 0.127 e.